The molecule has 86 valence electrons. The predicted molar refractivity (Wildman–Crippen MR) is 62.5 cm³/mol. The summed E-state index contributed by atoms with van der Waals surface area (Å²) in [7, 11) is 2.17. The molecule has 0 aliphatic heterocycles. The predicted octanol–water partition coefficient (Wildman–Crippen LogP) is 2.52. The van der Waals surface area contributed by atoms with Crippen LogP contribution in [0.4, 0.5) is 0 Å². The monoisotopic (exact) mass is 201 g/mol. The first kappa shape index (κ1) is 13.9. The van der Waals surface area contributed by atoms with Gasteiger partial charge in [0.2, 0.25) is 0 Å². The summed E-state index contributed by atoms with van der Waals surface area (Å²) >= 11 is 0. The molecule has 0 spiro atoms. The standard InChI is InChI=1S/C12H27NO/c1-5-11(3)10-13(4)9-7-8-12(14)6-2/h11-12,14H,5-10H2,1-4H3. The van der Waals surface area contributed by atoms with Crippen LogP contribution >= 0.6 is 0 Å². The number of nitrogens with zero attached hydrogens (tertiary/aromatic N) is 1. The van der Waals surface area contributed by atoms with Gasteiger partial charge >= 0.3 is 0 Å². The Hall–Kier alpha value is -0.0800. The molecule has 0 rings (SSSR count). The SMILES string of the molecule is CCC(C)CN(C)CCCC(O)CC. The van der Waals surface area contributed by atoms with Crippen LogP contribution in [0.2, 0.25) is 0 Å². The molecule has 0 aliphatic rings. The summed E-state index contributed by atoms with van der Waals surface area (Å²) < 4.78 is 0. The molecular formula is C12H27NO. The molecule has 0 heterocycles. The molecular weight excluding hydrogens is 174 g/mol. The highest BCUT2D eigenvalue weighted by Gasteiger charge is 2.05. The number of aliphatic hydroxyl groups is 1. The van der Waals surface area contributed by atoms with Gasteiger partial charge in [0.05, 0.1) is 6.10 Å². The zero-order valence-corrected chi connectivity index (χ0v) is 10.3. The lowest BCUT2D eigenvalue weighted by Gasteiger charge is -2.20. The molecule has 14 heavy (non-hydrogen) atoms. The summed E-state index contributed by atoms with van der Waals surface area (Å²) in [6, 6.07) is 0. The summed E-state index contributed by atoms with van der Waals surface area (Å²) in [6.07, 6.45) is 4.10. The van der Waals surface area contributed by atoms with E-state index in [2.05, 4.69) is 25.8 Å². The minimum atomic E-state index is -0.0907. The lowest BCUT2D eigenvalue weighted by Crippen LogP contribution is -2.25. The Morgan fingerprint density at radius 2 is 1.86 bits per heavy atom. The van der Waals surface area contributed by atoms with Crippen LogP contribution in [0.1, 0.15) is 46.5 Å². The molecule has 0 bridgehead atoms. The Morgan fingerprint density at radius 1 is 1.21 bits per heavy atom. The van der Waals surface area contributed by atoms with Gasteiger partial charge in [0, 0.05) is 6.54 Å². The van der Waals surface area contributed by atoms with Crippen LogP contribution in [0.25, 0.3) is 0 Å². The van der Waals surface area contributed by atoms with Gasteiger partial charge in [-0.05, 0) is 38.8 Å². The summed E-state index contributed by atoms with van der Waals surface area (Å²) in [5.74, 6) is 0.788. The maximum atomic E-state index is 9.38. The van der Waals surface area contributed by atoms with Crippen molar-refractivity contribution in [3.05, 3.63) is 0 Å². The highest BCUT2D eigenvalue weighted by atomic mass is 16.3. The van der Waals surface area contributed by atoms with Gasteiger partial charge in [0.15, 0.2) is 0 Å². The summed E-state index contributed by atoms with van der Waals surface area (Å²) in [6.45, 7) is 8.85. The van der Waals surface area contributed by atoms with Gasteiger partial charge in [-0.25, -0.2) is 0 Å². The van der Waals surface area contributed by atoms with E-state index in [-0.39, 0.29) is 6.10 Å². The Labute approximate surface area is 89.3 Å². The van der Waals surface area contributed by atoms with E-state index in [1.807, 2.05) is 6.92 Å². The molecule has 0 aromatic heterocycles. The largest absolute Gasteiger partial charge is 0.393 e. The minimum Gasteiger partial charge on any atom is -0.393 e. The molecule has 0 amide bonds. The normalized spacial score (nSPS) is 15.9. The molecule has 0 aromatic rings. The van der Waals surface area contributed by atoms with Crippen molar-refractivity contribution in [2.75, 3.05) is 20.1 Å². The molecule has 0 aromatic carbocycles. The topological polar surface area (TPSA) is 23.5 Å². The second-order valence-corrected chi connectivity index (χ2v) is 4.48. The molecule has 0 saturated carbocycles. The van der Waals surface area contributed by atoms with Crippen LogP contribution in [0.3, 0.4) is 0 Å². The molecule has 2 nitrogen and oxygen atoms in total. The summed E-state index contributed by atoms with van der Waals surface area (Å²) in [5, 5.41) is 9.38. The third kappa shape index (κ3) is 7.34. The fourth-order valence-electron chi connectivity index (χ4n) is 1.55. The smallest absolute Gasteiger partial charge is 0.0538 e. The molecule has 1 N–H and O–H groups in total. The van der Waals surface area contributed by atoms with E-state index >= 15 is 0 Å². The van der Waals surface area contributed by atoms with Gasteiger partial charge < -0.3 is 10.0 Å². The van der Waals surface area contributed by atoms with Crippen molar-refractivity contribution in [2.24, 2.45) is 5.92 Å². The Balaban J connectivity index is 3.39. The van der Waals surface area contributed by atoms with E-state index in [0.717, 1.165) is 31.7 Å². The molecule has 0 radical (unpaired) electrons. The van der Waals surface area contributed by atoms with Crippen LogP contribution in [0.5, 0.6) is 0 Å². The van der Waals surface area contributed by atoms with Crippen LogP contribution in [0.15, 0.2) is 0 Å². The third-order valence-corrected chi connectivity index (χ3v) is 2.87. The second-order valence-electron chi connectivity index (χ2n) is 4.48. The first-order valence-electron chi connectivity index (χ1n) is 5.96. The van der Waals surface area contributed by atoms with E-state index in [1.54, 1.807) is 0 Å². The Bertz CT molecular complexity index is 127. The summed E-state index contributed by atoms with van der Waals surface area (Å²) in [5.41, 5.74) is 0. The lowest BCUT2D eigenvalue weighted by molar-refractivity contribution is 0.150. The lowest BCUT2D eigenvalue weighted by atomic mass is 10.1. The van der Waals surface area contributed by atoms with Crippen molar-refractivity contribution in [3.8, 4) is 0 Å². The van der Waals surface area contributed by atoms with E-state index in [9.17, 15) is 5.11 Å². The average molecular weight is 201 g/mol. The second kappa shape index (κ2) is 8.25. The van der Waals surface area contributed by atoms with E-state index in [4.69, 9.17) is 0 Å². The average Bonchev–Trinajstić information content (AvgIpc) is 2.17. The maximum absolute atomic E-state index is 9.38. The van der Waals surface area contributed by atoms with Crippen molar-refractivity contribution in [1.29, 1.82) is 0 Å². The number of aliphatic hydroxyl groups excluding tert-OH is 1. The third-order valence-electron chi connectivity index (χ3n) is 2.87. The fourth-order valence-corrected chi connectivity index (χ4v) is 1.55. The molecule has 2 unspecified atom stereocenters. The van der Waals surface area contributed by atoms with Crippen molar-refractivity contribution < 1.29 is 5.11 Å². The fraction of sp³-hybridized carbons (Fsp3) is 1.00. The highest BCUT2D eigenvalue weighted by Crippen LogP contribution is 2.05. The van der Waals surface area contributed by atoms with Gasteiger partial charge in [-0.2, -0.15) is 0 Å². The minimum absolute atomic E-state index is 0.0907. The molecule has 2 atom stereocenters. The Kier molecular flexibility index (Phi) is 8.20. The highest BCUT2D eigenvalue weighted by molar-refractivity contribution is 4.59. The van der Waals surface area contributed by atoms with Crippen LogP contribution < -0.4 is 0 Å². The zero-order chi connectivity index (χ0) is 11.0. The van der Waals surface area contributed by atoms with Crippen molar-refractivity contribution in [2.45, 2.75) is 52.6 Å². The number of rotatable bonds is 8. The van der Waals surface area contributed by atoms with Crippen molar-refractivity contribution in [1.82, 2.24) is 4.90 Å². The molecule has 2 heteroatoms. The Morgan fingerprint density at radius 3 is 2.36 bits per heavy atom. The van der Waals surface area contributed by atoms with E-state index < -0.39 is 0 Å². The molecule has 0 saturated heterocycles. The quantitative estimate of drug-likeness (QED) is 0.652. The molecule has 0 fully saturated rings. The van der Waals surface area contributed by atoms with Gasteiger partial charge in [-0.1, -0.05) is 27.2 Å². The van der Waals surface area contributed by atoms with E-state index in [0.29, 0.717) is 0 Å². The van der Waals surface area contributed by atoms with Crippen LogP contribution in [-0.2, 0) is 0 Å². The van der Waals surface area contributed by atoms with Gasteiger partial charge in [0.25, 0.3) is 0 Å². The van der Waals surface area contributed by atoms with Gasteiger partial charge in [-0.15, -0.1) is 0 Å². The maximum Gasteiger partial charge on any atom is 0.0538 e. The number of hydrogen-bond acceptors (Lipinski definition) is 2. The van der Waals surface area contributed by atoms with E-state index in [1.165, 1.54) is 13.0 Å². The first-order valence-corrected chi connectivity index (χ1v) is 5.96. The number of hydrogen-bond donors (Lipinski definition) is 1. The van der Waals surface area contributed by atoms with Crippen molar-refractivity contribution in [3.63, 3.8) is 0 Å². The zero-order valence-electron chi connectivity index (χ0n) is 10.3. The van der Waals surface area contributed by atoms with Crippen molar-refractivity contribution >= 4 is 0 Å². The molecule has 0 aliphatic carbocycles. The first-order chi connectivity index (χ1) is 6.60. The van der Waals surface area contributed by atoms with Crippen LogP contribution in [0, 0.1) is 5.92 Å². The van der Waals surface area contributed by atoms with Gasteiger partial charge in [-0.3, -0.25) is 0 Å². The van der Waals surface area contributed by atoms with Gasteiger partial charge in [0.1, 0.15) is 0 Å². The van der Waals surface area contributed by atoms with Crippen LogP contribution in [-0.4, -0.2) is 36.2 Å². The summed E-state index contributed by atoms with van der Waals surface area (Å²) in [4.78, 5) is 2.37.